The summed E-state index contributed by atoms with van der Waals surface area (Å²) in [5.74, 6) is -2.06. The second kappa shape index (κ2) is 6.80. The van der Waals surface area contributed by atoms with Crippen molar-refractivity contribution in [1.82, 2.24) is 0 Å². The van der Waals surface area contributed by atoms with Crippen LogP contribution in [0.15, 0.2) is 47.5 Å². The number of hydrogen-bond acceptors (Lipinski definition) is 3. The minimum absolute atomic E-state index is 0.0289. The van der Waals surface area contributed by atoms with E-state index in [0.717, 1.165) is 12.1 Å². The molecule has 0 aromatic heterocycles. The van der Waals surface area contributed by atoms with Gasteiger partial charge in [-0.2, -0.15) is 0 Å². The molecule has 0 radical (unpaired) electrons. The van der Waals surface area contributed by atoms with E-state index < -0.39 is 23.7 Å². The molecule has 1 N–H and O–H groups in total. The maximum absolute atomic E-state index is 13.4. The van der Waals surface area contributed by atoms with Gasteiger partial charge in [0.25, 0.3) is 0 Å². The van der Waals surface area contributed by atoms with Crippen LogP contribution in [0.1, 0.15) is 12.5 Å². The zero-order valence-electron chi connectivity index (χ0n) is 11.7. The minimum Gasteiger partial charge on any atom is -0.479 e. The summed E-state index contributed by atoms with van der Waals surface area (Å²) in [7, 11) is 0. The highest BCUT2D eigenvalue weighted by molar-refractivity contribution is 5.82. The summed E-state index contributed by atoms with van der Waals surface area (Å²) in [6.45, 7) is 1.43. The average molecular weight is 305 g/mol. The number of rotatable bonds is 5. The molecule has 0 amide bonds. The quantitative estimate of drug-likeness (QED) is 0.859. The number of ether oxygens (including phenoxy) is 1. The number of nitrogens with zero attached hydrogens (tertiary/aromatic N) is 1. The normalized spacial score (nSPS) is 12.3. The molecule has 0 spiro atoms. The molecule has 0 saturated heterocycles. The van der Waals surface area contributed by atoms with E-state index in [2.05, 4.69) is 4.99 Å². The van der Waals surface area contributed by atoms with Gasteiger partial charge < -0.3 is 9.84 Å². The molecular weight excluding hydrogens is 292 g/mol. The molecule has 0 unspecified atom stereocenters. The third-order valence-electron chi connectivity index (χ3n) is 2.80. The topological polar surface area (TPSA) is 58.9 Å². The van der Waals surface area contributed by atoms with Crippen LogP contribution in [0.4, 0.5) is 14.5 Å². The fourth-order valence-electron chi connectivity index (χ4n) is 1.62. The Balaban J connectivity index is 2.07. The number of carbonyl (C=O) groups is 1. The predicted molar refractivity (Wildman–Crippen MR) is 77.8 cm³/mol. The lowest BCUT2D eigenvalue weighted by Crippen LogP contribution is -2.22. The number of carboxylic acids is 1. The van der Waals surface area contributed by atoms with Gasteiger partial charge in [0, 0.05) is 12.3 Å². The summed E-state index contributed by atoms with van der Waals surface area (Å²) in [5.41, 5.74) is 0.695. The molecule has 0 heterocycles. The maximum atomic E-state index is 13.4. The van der Waals surface area contributed by atoms with Crippen molar-refractivity contribution in [3.05, 3.63) is 59.7 Å². The van der Waals surface area contributed by atoms with Crippen LogP contribution in [0.5, 0.6) is 5.75 Å². The van der Waals surface area contributed by atoms with Crippen LogP contribution in [0.3, 0.4) is 0 Å². The predicted octanol–water partition coefficient (Wildman–Crippen LogP) is 3.57. The molecule has 0 fully saturated rings. The number of halogens is 2. The van der Waals surface area contributed by atoms with Gasteiger partial charge >= 0.3 is 5.97 Å². The number of carboxylic acid groups (broad SMARTS) is 1. The lowest BCUT2D eigenvalue weighted by molar-refractivity contribution is -0.144. The van der Waals surface area contributed by atoms with Crippen molar-refractivity contribution in [3.63, 3.8) is 0 Å². The van der Waals surface area contributed by atoms with E-state index in [4.69, 9.17) is 9.84 Å². The first-order chi connectivity index (χ1) is 10.5. The highest BCUT2D eigenvalue weighted by Crippen LogP contribution is 2.19. The van der Waals surface area contributed by atoms with Crippen molar-refractivity contribution >= 4 is 17.9 Å². The lowest BCUT2D eigenvalue weighted by Gasteiger charge is -2.09. The third-order valence-corrected chi connectivity index (χ3v) is 2.80. The first kappa shape index (κ1) is 15.6. The largest absolute Gasteiger partial charge is 0.479 e. The smallest absolute Gasteiger partial charge is 0.344 e. The van der Waals surface area contributed by atoms with Gasteiger partial charge in [-0.05, 0) is 48.9 Å². The molecular formula is C16H13F2NO3. The van der Waals surface area contributed by atoms with Crippen LogP contribution in [-0.4, -0.2) is 23.4 Å². The molecule has 4 nitrogen and oxygen atoms in total. The summed E-state index contributed by atoms with van der Waals surface area (Å²) in [5, 5.41) is 8.75. The Kier molecular flexibility index (Phi) is 4.83. The van der Waals surface area contributed by atoms with E-state index in [-0.39, 0.29) is 5.69 Å². The summed E-state index contributed by atoms with van der Waals surface area (Å²) in [6.07, 6.45) is 0.466. The highest BCUT2D eigenvalue weighted by Gasteiger charge is 2.11. The van der Waals surface area contributed by atoms with Gasteiger partial charge in [0.15, 0.2) is 11.9 Å². The fraction of sp³-hybridized carbons (Fsp3) is 0.125. The van der Waals surface area contributed by atoms with Crippen LogP contribution in [0, 0.1) is 11.6 Å². The molecule has 2 aromatic carbocycles. The fourth-order valence-corrected chi connectivity index (χ4v) is 1.62. The number of aliphatic imine (C=N–C) groups is 1. The molecule has 2 rings (SSSR count). The van der Waals surface area contributed by atoms with Gasteiger partial charge in [-0.15, -0.1) is 0 Å². The van der Waals surface area contributed by atoms with E-state index in [9.17, 15) is 13.6 Å². The van der Waals surface area contributed by atoms with Crippen molar-refractivity contribution < 1.29 is 23.4 Å². The first-order valence-corrected chi connectivity index (χ1v) is 6.44. The van der Waals surface area contributed by atoms with Gasteiger partial charge in [-0.25, -0.2) is 13.6 Å². The zero-order chi connectivity index (χ0) is 16.1. The van der Waals surface area contributed by atoms with Crippen molar-refractivity contribution in [2.24, 2.45) is 4.99 Å². The van der Waals surface area contributed by atoms with E-state index in [1.54, 1.807) is 24.3 Å². The summed E-state index contributed by atoms with van der Waals surface area (Å²) < 4.78 is 31.4. The summed E-state index contributed by atoms with van der Waals surface area (Å²) in [4.78, 5) is 14.6. The molecule has 114 valence electrons. The van der Waals surface area contributed by atoms with E-state index in [1.165, 1.54) is 19.2 Å². The van der Waals surface area contributed by atoms with Gasteiger partial charge in [0.05, 0.1) is 5.69 Å². The van der Waals surface area contributed by atoms with Crippen molar-refractivity contribution in [1.29, 1.82) is 0 Å². The van der Waals surface area contributed by atoms with E-state index in [0.29, 0.717) is 11.3 Å². The molecule has 0 aliphatic rings. The Morgan fingerprint density at radius 3 is 2.50 bits per heavy atom. The van der Waals surface area contributed by atoms with Gasteiger partial charge in [-0.1, -0.05) is 0 Å². The van der Waals surface area contributed by atoms with Crippen LogP contribution in [0.25, 0.3) is 0 Å². The number of benzene rings is 2. The molecule has 0 aliphatic heterocycles. The van der Waals surface area contributed by atoms with Crippen LogP contribution in [0.2, 0.25) is 0 Å². The summed E-state index contributed by atoms with van der Waals surface area (Å²) >= 11 is 0. The zero-order valence-corrected chi connectivity index (χ0v) is 11.7. The number of hydrogen-bond donors (Lipinski definition) is 1. The van der Waals surface area contributed by atoms with Crippen LogP contribution < -0.4 is 4.74 Å². The maximum Gasteiger partial charge on any atom is 0.344 e. The van der Waals surface area contributed by atoms with Crippen LogP contribution in [-0.2, 0) is 4.79 Å². The Hall–Kier alpha value is -2.76. The van der Waals surface area contributed by atoms with E-state index >= 15 is 0 Å². The first-order valence-electron chi connectivity index (χ1n) is 6.44. The Bertz CT molecular complexity index is 699. The molecule has 22 heavy (non-hydrogen) atoms. The second-order valence-electron chi connectivity index (χ2n) is 4.52. The molecule has 0 saturated carbocycles. The minimum atomic E-state index is -1.06. The molecule has 0 bridgehead atoms. The number of aliphatic carboxylic acids is 1. The monoisotopic (exact) mass is 305 g/mol. The SMILES string of the molecule is C[C@H](Oc1ccc(C=Nc2ccc(F)cc2F)cc1)C(=O)O. The van der Waals surface area contributed by atoms with Crippen molar-refractivity contribution in [3.8, 4) is 5.75 Å². The summed E-state index contributed by atoms with van der Waals surface area (Å²) in [6, 6.07) is 9.59. The van der Waals surface area contributed by atoms with E-state index in [1.807, 2.05) is 0 Å². The second-order valence-corrected chi connectivity index (χ2v) is 4.52. The Morgan fingerprint density at radius 1 is 1.23 bits per heavy atom. The van der Waals surface area contributed by atoms with Gasteiger partial charge in [0.2, 0.25) is 0 Å². The Labute approximate surface area is 125 Å². The molecule has 0 aliphatic carbocycles. The molecule has 1 atom stereocenters. The highest BCUT2D eigenvalue weighted by atomic mass is 19.1. The van der Waals surface area contributed by atoms with Gasteiger partial charge in [0.1, 0.15) is 11.6 Å². The average Bonchev–Trinajstić information content (AvgIpc) is 2.47. The third kappa shape index (κ3) is 4.12. The van der Waals surface area contributed by atoms with Crippen molar-refractivity contribution in [2.75, 3.05) is 0 Å². The lowest BCUT2D eigenvalue weighted by atomic mass is 10.2. The van der Waals surface area contributed by atoms with Crippen LogP contribution >= 0.6 is 0 Å². The van der Waals surface area contributed by atoms with Crippen molar-refractivity contribution in [2.45, 2.75) is 13.0 Å². The standard InChI is InChI=1S/C16H13F2NO3/c1-10(16(20)21)22-13-5-2-11(3-6-13)9-19-15-7-4-12(17)8-14(15)18/h2-10H,1H3,(H,20,21)/t10-/m0/s1. The Morgan fingerprint density at radius 2 is 1.91 bits per heavy atom. The molecule has 6 heteroatoms. The van der Waals surface area contributed by atoms with Gasteiger partial charge in [-0.3, -0.25) is 4.99 Å². The molecule has 2 aromatic rings.